The van der Waals surface area contributed by atoms with Gasteiger partial charge in [-0.15, -0.1) is 0 Å². The summed E-state index contributed by atoms with van der Waals surface area (Å²) in [7, 11) is 0. The van der Waals surface area contributed by atoms with Crippen LogP contribution in [0.15, 0.2) is 66.4 Å². The standard InChI is InChI=1S/C23H30N2O/c1-5-24(6-2)21(19-15-11-9-12-16-19)22(25(7-3)8-4)23(26)20-17-13-10-14-18-20/h9-18H,5-8H2,1-4H3. The Labute approximate surface area is 157 Å². The van der Waals surface area contributed by atoms with E-state index in [0.717, 1.165) is 48.7 Å². The molecule has 0 unspecified atom stereocenters. The van der Waals surface area contributed by atoms with Crippen LogP contribution < -0.4 is 0 Å². The van der Waals surface area contributed by atoms with Gasteiger partial charge in [0.2, 0.25) is 5.78 Å². The number of likely N-dealkylation sites (N-methyl/N-ethyl adjacent to an activating group) is 1. The number of hydrogen-bond donors (Lipinski definition) is 0. The van der Waals surface area contributed by atoms with Crippen molar-refractivity contribution in [3.05, 3.63) is 77.5 Å². The Morgan fingerprint density at radius 2 is 1.08 bits per heavy atom. The third-order valence-corrected chi connectivity index (χ3v) is 4.68. The summed E-state index contributed by atoms with van der Waals surface area (Å²) in [5.41, 5.74) is 3.63. The molecule has 3 heteroatoms. The molecule has 2 rings (SSSR count). The largest absolute Gasteiger partial charge is 0.370 e. The number of carbonyl (C=O) groups is 1. The third kappa shape index (κ3) is 4.34. The van der Waals surface area contributed by atoms with E-state index in [2.05, 4.69) is 49.6 Å². The highest BCUT2D eigenvalue weighted by atomic mass is 16.1. The van der Waals surface area contributed by atoms with Gasteiger partial charge < -0.3 is 9.80 Å². The van der Waals surface area contributed by atoms with Crippen molar-refractivity contribution in [1.29, 1.82) is 0 Å². The van der Waals surface area contributed by atoms with Crippen LogP contribution in [-0.2, 0) is 0 Å². The molecule has 2 aromatic carbocycles. The molecule has 0 amide bonds. The van der Waals surface area contributed by atoms with Crippen molar-refractivity contribution in [2.45, 2.75) is 27.7 Å². The van der Waals surface area contributed by atoms with Crippen molar-refractivity contribution in [2.24, 2.45) is 0 Å². The lowest BCUT2D eigenvalue weighted by Gasteiger charge is -2.33. The van der Waals surface area contributed by atoms with E-state index < -0.39 is 0 Å². The van der Waals surface area contributed by atoms with E-state index in [1.807, 2.05) is 48.5 Å². The van der Waals surface area contributed by atoms with Crippen molar-refractivity contribution in [3.63, 3.8) is 0 Å². The summed E-state index contributed by atoms with van der Waals surface area (Å²) < 4.78 is 0. The van der Waals surface area contributed by atoms with Gasteiger partial charge in [0.05, 0.1) is 5.70 Å². The van der Waals surface area contributed by atoms with Crippen LogP contribution in [0.1, 0.15) is 43.6 Å². The summed E-state index contributed by atoms with van der Waals surface area (Å²) in [6.45, 7) is 11.8. The van der Waals surface area contributed by atoms with Crippen LogP contribution in [0.25, 0.3) is 5.70 Å². The smallest absolute Gasteiger partial charge is 0.211 e. The Morgan fingerprint density at radius 3 is 1.50 bits per heavy atom. The van der Waals surface area contributed by atoms with Crippen molar-refractivity contribution < 1.29 is 4.79 Å². The van der Waals surface area contributed by atoms with Crippen LogP contribution in [0, 0.1) is 0 Å². The van der Waals surface area contributed by atoms with E-state index in [-0.39, 0.29) is 5.78 Å². The molecule has 0 fully saturated rings. The van der Waals surface area contributed by atoms with E-state index in [4.69, 9.17) is 0 Å². The zero-order valence-corrected chi connectivity index (χ0v) is 16.4. The predicted octanol–water partition coefficient (Wildman–Crippen LogP) is 4.92. The maximum absolute atomic E-state index is 13.5. The SMILES string of the molecule is CCN(CC)C(C(=O)c1ccccc1)=C(c1ccccc1)N(CC)CC. The number of carbonyl (C=O) groups excluding carboxylic acids is 1. The highest BCUT2D eigenvalue weighted by molar-refractivity contribution is 6.12. The zero-order valence-electron chi connectivity index (χ0n) is 16.4. The van der Waals surface area contributed by atoms with E-state index in [1.165, 1.54) is 0 Å². The molecule has 0 saturated carbocycles. The number of benzene rings is 2. The number of allylic oxidation sites excluding steroid dienone is 1. The molecule has 0 bridgehead atoms. The lowest BCUT2D eigenvalue weighted by Crippen LogP contribution is -2.33. The van der Waals surface area contributed by atoms with Crippen LogP contribution in [0.4, 0.5) is 0 Å². The highest BCUT2D eigenvalue weighted by Gasteiger charge is 2.25. The Morgan fingerprint density at radius 1 is 0.654 bits per heavy atom. The number of Topliss-reactive ketones (excluding diaryl/α,β-unsaturated/α-hetero) is 1. The summed E-state index contributed by atoms with van der Waals surface area (Å²) in [6.07, 6.45) is 0. The van der Waals surface area contributed by atoms with Crippen molar-refractivity contribution in [2.75, 3.05) is 26.2 Å². The molecule has 0 atom stereocenters. The summed E-state index contributed by atoms with van der Waals surface area (Å²) in [5.74, 6) is 0.0834. The first-order valence-electron chi connectivity index (χ1n) is 9.57. The maximum atomic E-state index is 13.5. The van der Waals surface area contributed by atoms with Gasteiger partial charge in [0.15, 0.2) is 0 Å². The number of ketones is 1. The second-order valence-corrected chi connectivity index (χ2v) is 6.10. The van der Waals surface area contributed by atoms with Crippen LogP contribution in [0.2, 0.25) is 0 Å². The molecule has 0 N–H and O–H groups in total. The summed E-state index contributed by atoms with van der Waals surface area (Å²) in [4.78, 5) is 18.0. The molecule has 0 aliphatic carbocycles. The quantitative estimate of drug-likeness (QED) is 0.474. The van der Waals surface area contributed by atoms with Gasteiger partial charge in [-0.1, -0.05) is 60.7 Å². The molecule has 0 radical (unpaired) electrons. The third-order valence-electron chi connectivity index (χ3n) is 4.68. The van der Waals surface area contributed by atoms with Gasteiger partial charge in [0.1, 0.15) is 5.70 Å². The highest BCUT2D eigenvalue weighted by Crippen LogP contribution is 2.28. The molecule has 0 aliphatic rings. The summed E-state index contributed by atoms with van der Waals surface area (Å²) >= 11 is 0. The minimum atomic E-state index is 0.0834. The first-order valence-corrected chi connectivity index (χ1v) is 9.57. The summed E-state index contributed by atoms with van der Waals surface area (Å²) in [6, 6.07) is 19.9. The molecule has 0 aromatic heterocycles. The lowest BCUT2D eigenvalue weighted by atomic mass is 10.0. The molecule has 2 aromatic rings. The molecule has 138 valence electrons. The average Bonchev–Trinajstić information content (AvgIpc) is 2.71. The normalized spacial score (nSPS) is 11.7. The van der Waals surface area contributed by atoms with Crippen LogP contribution in [-0.4, -0.2) is 41.8 Å². The average molecular weight is 351 g/mol. The van der Waals surface area contributed by atoms with E-state index in [9.17, 15) is 4.79 Å². The minimum Gasteiger partial charge on any atom is -0.370 e. The van der Waals surface area contributed by atoms with Crippen LogP contribution >= 0.6 is 0 Å². The fourth-order valence-electron chi connectivity index (χ4n) is 3.27. The van der Waals surface area contributed by atoms with Gasteiger partial charge >= 0.3 is 0 Å². The predicted molar refractivity (Wildman–Crippen MR) is 110 cm³/mol. The van der Waals surface area contributed by atoms with Crippen molar-refractivity contribution in [1.82, 2.24) is 9.80 Å². The number of rotatable bonds is 9. The molecule has 0 heterocycles. The molecule has 0 spiro atoms. The van der Waals surface area contributed by atoms with Gasteiger partial charge in [0, 0.05) is 37.3 Å². The van der Waals surface area contributed by atoms with Gasteiger partial charge in [-0.3, -0.25) is 4.79 Å². The fourth-order valence-corrected chi connectivity index (χ4v) is 3.27. The van der Waals surface area contributed by atoms with Gasteiger partial charge in [-0.25, -0.2) is 0 Å². The Hall–Kier alpha value is -2.55. The van der Waals surface area contributed by atoms with Gasteiger partial charge in [-0.2, -0.15) is 0 Å². The fraction of sp³-hybridized carbons (Fsp3) is 0.348. The van der Waals surface area contributed by atoms with Crippen molar-refractivity contribution in [3.8, 4) is 0 Å². The first kappa shape index (κ1) is 19.8. The molecule has 3 nitrogen and oxygen atoms in total. The topological polar surface area (TPSA) is 23.6 Å². The zero-order chi connectivity index (χ0) is 18.9. The number of nitrogens with zero attached hydrogens (tertiary/aromatic N) is 2. The molecule has 0 aliphatic heterocycles. The van der Waals surface area contributed by atoms with Crippen LogP contribution in [0.3, 0.4) is 0 Å². The lowest BCUT2D eigenvalue weighted by molar-refractivity contribution is 0.0992. The second-order valence-electron chi connectivity index (χ2n) is 6.10. The van der Waals surface area contributed by atoms with Crippen LogP contribution in [0.5, 0.6) is 0 Å². The van der Waals surface area contributed by atoms with E-state index >= 15 is 0 Å². The maximum Gasteiger partial charge on any atom is 0.211 e. The molecular formula is C23H30N2O. The second kappa shape index (κ2) is 9.81. The first-order chi connectivity index (χ1) is 12.7. The van der Waals surface area contributed by atoms with Gasteiger partial charge in [-0.05, 0) is 27.7 Å². The Bertz CT molecular complexity index is 714. The molecule has 0 saturated heterocycles. The van der Waals surface area contributed by atoms with E-state index in [0.29, 0.717) is 0 Å². The van der Waals surface area contributed by atoms with Crippen molar-refractivity contribution >= 4 is 11.5 Å². The monoisotopic (exact) mass is 350 g/mol. The molecular weight excluding hydrogens is 320 g/mol. The molecule has 26 heavy (non-hydrogen) atoms. The Kier molecular flexibility index (Phi) is 7.46. The van der Waals surface area contributed by atoms with Gasteiger partial charge in [0.25, 0.3) is 0 Å². The van der Waals surface area contributed by atoms with E-state index in [1.54, 1.807) is 0 Å². The number of hydrogen-bond acceptors (Lipinski definition) is 3. The Balaban J connectivity index is 2.75. The minimum absolute atomic E-state index is 0.0834. The summed E-state index contributed by atoms with van der Waals surface area (Å²) in [5, 5.41) is 0.